The smallest absolute Gasteiger partial charge is 0.238 e. The molecular weight excluding hydrogens is 318 g/mol. The van der Waals surface area contributed by atoms with Crippen molar-refractivity contribution in [2.75, 3.05) is 32.1 Å². The van der Waals surface area contributed by atoms with E-state index in [4.69, 9.17) is 4.74 Å². The maximum absolute atomic E-state index is 11.7. The van der Waals surface area contributed by atoms with Crippen molar-refractivity contribution in [2.45, 2.75) is 16.2 Å². The molecule has 1 aromatic heterocycles. The fraction of sp³-hybridized carbons (Fsp3) is 0.333. The molecule has 22 heavy (non-hydrogen) atoms. The van der Waals surface area contributed by atoms with Crippen LogP contribution in [0, 0.1) is 6.92 Å². The molecule has 0 saturated carbocycles. The van der Waals surface area contributed by atoms with Crippen LogP contribution < -0.4 is 10.6 Å². The summed E-state index contributed by atoms with van der Waals surface area (Å²) in [7, 11) is 1.63. The quantitative estimate of drug-likeness (QED) is 0.725. The lowest BCUT2D eigenvalue weighted by Crippen LogP contribution is -2.30. The van der Waals surface area contributed by atoms with E-state index in [1.165, 1.54) is 0 Å². The predicted molar refractivity (Wildman–Crippen MR) is 90.8 cm³/mol. The SMILES string of the molecule is COCCNCC(=O)Nc1ccc(Sc2nc(C)cs2)cc1. The van der Waals surface area contributed by atoms with Crippen LogP contribution in [0.4, 0.5) is 5.69 Å². The molecule has 2 aromatic rings. The fourth-order valence-corrected chi connectivity index (χ4v) is 3.48. The van der Waals surface area contributed by atoms with Gasteiger partial charge in [-0.25, -0.2) is 4.98 Å². The summed E-state index contributed by atoms with van der Waals surface area (Å²) >= 11 is 3.26. The molecule has 118 valence electrons. The molecule has 0 unspecified atom stereocenters. The Hall–Kier alpha value is -1.41. The Bertz CT molecular complexity index is 599. The van der Waals surface area contributed by atoms with Crippen LogP contribution in [0.5, 0.6) is 0 Å². The van der Waals surface area contributed by atoms with E-state index in [1.54, 1.807) is 30.2 Å². The predicted octanol–water partition coefficient (Wildman–Crippen LogP) is 2.78. The highest BCUT2D eigenvalue weighted by Crippen LogP contribution is 2.30. The zero-order valence-corrected chi connectivity index (χ0v) is 14.2. The number of carbonyl (C=O) groups is 1. The minimum atomic E-state index is -0.0629. The van der Waals surface area contributed by atoms with Gasteiger partial charge in [-0.05, 0) is 31.2 Å². The summed E-state index contributed by atoms with van der Waals surface area (Å²) in [4.78, 5) is 17.2. The Labute approximate surface area is 138 Å². The number of ether oxygens (including phenoxy) is 1. The molecule has 1 aromatic carbocycles. The average Bonchev–Trinajstić information content (AvgIpc) is 2.91. The third-order valence-electron chi connectivity index (χ3n) is 2.71. The second kappa shape index (κ2) is 8.89. The van der Waals surface area contributed by atoms with Crippen molar-refractivity contribution < 1.29 is 9.53 Å². The third kappa shape index (κ3) is 5.76. The van der Waals surface area contributed by atoms with Crippen molar-refractivity contribution in [1.29, 1.82) is 0 Å². The molecule has 0 spiro atoms. The molecule has 0 bridgehead atoms. The molecule has 0 aliphatic carbocycles. The van der Waals surface area contributed by atoms with E-state index in [2.05, 4.69) is 15.6 Å². The molecule has 0 saturated heterocycles. The first-order chi connectivity index (χ1) is 10.7. The molecule has 0 aliphatic heterocycles. The van der Waals surface area contributed by atoms with E-state index in [-0.39, 0.29) is 12.5 Å². The van der Waals surface area contributed by atoms with E-state index < -0.39 is 0 Å². The number of nitrogens with zero attached hydrogens (tertiary/aromatic N) is 1. The topological polar surface area (TPSA) is 63.2 Å². The van der Waals surface area contributed by atoms with Crippen LogP contribution in [0.1, 0.15) is 5.69 Å². The Morgan fingerprint density at radius 3 is 2.77 bits per heavy atom. The number of benzene rings is 1. The molecule has 0 atom stereocenters. The number of thiazole rings is 1. The van der Waals surface area contributed by atoms with Crippen molar-refractivity contribution in [3.8, 4) is 0 Å². The lowest BCUT2D eigenvalue weighted by atomic mass is 10.3. The van der Waals surface area contributed by atoms with Gasteiger partial charge in [0.2, 0.25) is 5.91 Å². The maximum Gasteiger partial charge on any atom is 0.238 e. The number of amides is 1. The van der Waals surface area contributed by atoms with Gasteiger partial charge >= 0.3 is 0 Å². The van der Waals surface area contributed by atoms with Gasteiger partial charge in [-0.3, -0.25) is 4.79 Å². The second-order valence-electron chi connectivity index (χ2n) is 4.60. The van der Waals surface area contributed by atoms with Gasteiger partial charge in [-0.2, -0.15) is 0 Å². The van der Waals surface area contributed by atoms with Gasteiger partial charge in [-0.15, -0.1) is 11.3 Å². The summed E-state index contributed by atoms with van der Waals surface area (Å²) in [5.74, 6) is -0.0629. The Kier molecular flexibility index (Phi) is 6.85. The minimum Gasteiger partial charge on any atom is -0.383 e. The first-order valence-corrected chi connectivity index (χ1v) is 8.56. The standard InChI is InChI=1S/C15H19N3O2S2/c1-11-10-21-15(17-11)22-13-5-3-12(4-6-13)18-14(19)9-16-7-8-20-2/h3-6,10,16H,7-9H2,1-2H3,(H,18,19). The van der Waals surface area contributed by atoms with Gasteiger partial charge in [0.1, 0.15) is 0 Å². The van der Waals surface area contributed by atoms with E-state index >= 15 is 0 Å². The molecular formula is C15H19N3O2S2. The summed E-state index contributed by atoms with van der Waals surface area (Å²) in [5, 5.41) is 7.89. The van der Waals surface area contributed by atoms with Crippen molar-refractivity contribution in [1.82, 2.24) is 10.3 Å². The van der Waals surface area contributed by atoms with E-state index in [0.29, 0.717) is 13.2 Å². The molecule has 0 fully saturated rings. The highest BCUT2D eigenvalue weighted by atomic mass is 32.2. The van der Waals surface area contributed by atoms with E-state index in [0.717, 1.165) is 20.6 Å². The molecule has 0 radical (unpaired) electrons. The number of hydrogen-bond donors (Lipinski definition) is 2. The zero-order valence-electron chi connectivity index (χ0n) is 12.6. The van der Waals surface area contributed by atoms with Gasteiger partial charge in [0, 0.05) is 35.3 Å². The van der Waals surface area contributed by atoms with Crippen LogP contribution in [-0.4, -0.2) is 37.7 Å². The highest BCUT2D eigenvalue weighted by Gasteiger charge is 2.04. The first-order valence-electron chi connectivity index (χ1n) is 6.87. The number of methoxy groups -OCH3 is 1. The lowest BCUT2D eigenvalue weighted by molar-refractivity contribution is -0.115. The first kappa shape index (κ1) is 17.0. The number of carbonyl (C=O) groups excluding carboxylic acids is 1. The van der Waals surface area contributed by atoms with Crippen LogP contribution in [0.25, 0.3) is 0 Å². The minimum absolute atomic E-state index is 0.0629. The van der Waals surface area contributed by atoms with E-state index in [1.807, 2.05) is 36.6 Å². The van der Waals surface area contributed by atoms with E-state index in [9.17, 15) is 4.79 Å². The second-order valence-corrected chi connectivity index (χ2v) is 6.78. The summed E-state index contributed by atoms with van der Waals surface area (Å²) in [5.41, 5.74) is 1.83. The Balaban J connectivity index is 1.80. The molecule has 1 heterocycles. The largest absolute Gasteiger partial charge is 0.383 e. The zero-order chi connectivity index (χ0) is 15.8. The summed E-state index contributed by atoms with van der Waals surface area (Å²) in [6.07, 6.45) is 0. The lowest BCUT2D eigenvalue weighted by Gasteiger charge is -2.07. The molecule has 0 aliphatic rings. The Morgan fingerprint density at radius 2 is 2.14 bits per heavy atom. The monoisotopic (exact) mass is 337 g/mol. The van der Waals surface area contributed by atoms with Crippen LogP contribution >= 0.6 is 23.1 Å². The van der Waals surface area contributed by atoms with Crippen molar-refractivity contribution in [3.05, 3.63) is 35.3 Å². The van der Waals surface area contributed by atoms with Crippen molar-refractivity contribution in [3.63, 3.8) is 0 Å². The average molecular weight is 337 g/mol. The number of nitrogens with one attached hydrogen (secondary N) is 2. The van der Waals surface area contributed by atoms with Crippen LogP contribution in [0.15, 0.2) is 38.9 Å². The normalized spacial score (nSPS) is 10.6. The van der Waals surface area contributed by atoms with Gasteiger partial charge in [0.25, 0.3) is 0 Å². The number of anilines is 1. The molecule has 5 nitrogen and oxygen atoms in total. The van der Waals surface area contributed by atoms with Crippen molar-refractivity contribution in [2.24, 2.45) is 0 Å². The molecule has 2 rings (SSSR count). The van der Waals surface area contributed by atoms with Crippen molar-refractivity contribution >= 4 is 34.7 Å². The van der Waals surface area contributed by atoms with Crippen LogP contribution in [0.2, 0.25) is 0 Å². The molecule has 1 amide bonds. The molecule has 7 heteroatoms. The van der Waals surface area contributed by atoms with Gasteiger partial charge in [0.15, 0.2) is 4.34 Å². The summed E-state index contributed by atoms with van der Waals surface area (Å²) in [6.45, 7) is 3.51. The summed E-state index contributed by atoms with van der Waals surface area (Å²) in [6, 6.07) is 7.76. The number of aryl methyl sites for hydroxylation is 1. The van der Waals surface area contributed by atoms with Crippen LogP contribution in [0.3, 0.4) is 0 Å². The number of rotatable bonds is 8. The fourth-order valence-electron chi connectivity index (χ4n) is 1.67. The van der Waals surface area contributed by atoms with Gasteiger partial charge in [0.05, 0.1) is 13.2 Å². The summed E-state index contributed by atoms with van der Waals surface area (Å²) < 4.78 is 5.93. The number of hydrogen-bond acceptors (Lipinski definition) is 6. The molecule has 2 N–H and O–H groups in total. The maximum atomic E-state index is 11.7. The van der Waals surface area contributed by atoms with Gasteiger partial charge in [-0.1, -0.05) is 11.8 Å². The van der Waals surface area contributed by atoms with Crippen LogP contribution in [-0.2, 0) is 9.53 Å². The number of aromatic nitrogens is 1. The van der Waals surface area contributed by atoms with Gasteiger partial charge < -0.3 is 15.4 Å². The highest BCUT2D eigenvalue weighted by molar-refractivity contribution is 8.01. The Morgan fingerprint density at radius 1 is 1.36 bits per heavy atom. The third-order valence-corrected chi connectivity index (χ3v) is 4.77.